The molecule has 0 aromatic heterocycles. The van der Waals surface area contributed by atoms with E-state index in [1.54, 1.807) is 0 Å². The lowest BCUT2D eigenvalue weighted by Gasteiger charge is -2.39. The number of rotatable bonds is 8. The van der Waals surface area contributed by atoms with Crippen LogP contribution in [0.25, 0.3) is 0 Å². The summed E-state index contributed by atoms with van der Waals surface area (Å²) in [5, 5.41) is 0. The molecule has 1 aromatic rings. The molecule has 1 aliphatic heterocycles. The normalized spacial score (nSPS) is 26.0. The van der Waals surface area contributed by atoms with E-state index >= 15 is 0 Å². The maximum absolute atomic E-state index is 12.1. The quantitative estimate of drug-likeness (QED) is 0.660. The topological polar surface area (TPSA) is 44.8 Å². The molecule has 1 unspecified atom stereocenters. The highest BCUT2D eigenvalue weighted by Gasteiger charge is 2.37. The minimum Gasteiger partial charge on any atom is -0.466 e. The van der Waals surface area contributed by atoms with Crippen molar-refractivity contribution in [1.29, 1.82) is 0 Å². The monoisotopic (exact) mass is 348 g/mol. The molecular formula is C21H32O4. The first-order valence-electron chi connectivity index (χ1n) is 9.46. The minimum absolute atomic E-state index is 0.0747. The van der Waals surface area contributed by atoms with Gasteiger partial charge in [0.05, 0.1) is 37.9 Å². The highest BCUT2D eigenvalue weighted by molar-refractivity contribution is 5.72. The molecule has 0 spiro atoms. The summed E-state index contributed by atoms with van der Waals surface area (Å²) in [7, 11) is 0. The zero-order chi connectivity index (χ0) is 18.2. The van der Waals surface area contributed by atoms with E-state index in [2.05, 4.69) is 26.0 Å². The van der Waals surface area contributed by atoms with E-state index in [1.165, 1.54) is 5.56 Å². The van der Waals surface area contributed by atoms with Gasteiger partial charge in [-0.2, -0.15) is 0 Å². The molecule has 1 saturated heterocycles. The Kier molecular flexibility index (Phi) is 7.91. The highest BCUT2D eigenvalue weighted by Crippen LogP contribution is 2.33. The number of carbonyl (C=O) groups excluding carboxylic acids is 1. The van der Waals surface area contributed by atoms with Gasteiger partial charge in [0.15, 0.2) is 0 Å². The van der Waals surface area contributed by atoms with Gasteiger partial charge in [-0.05, 0) is 38.2 Å². The molecule has 0 saturated carbocycles. The lowest BCUT2D eigenvalue weighted by molar-refractivity contribution is -0.167. The van der Waals surface area contributed by atoms with E-state index < -0.39 is 0 Å². The summed E-state index contributed by atoms with van der Waals surface area (Å²) in [4.78, 5) is 12.1. The van der Waals surface area contributed by atoms with Crippen molar-refractivity contribution in [3.8, 4) is 0 Å². The second-order valence-electron chi connectivity index (χ2n) is 7.21. The van der Waals surface area contributed by atoms with Gasteiger partial charge in [0.25, 0.3) is 0 Å². The van der Waals surface area contributed by atoms with Crippen molar-refractivity contribution in [1.82, 2.24) is 0 Å². The smallest absolute Gasteiger partial charge is 0.311 e. The maximum atomic E-state index is 12.1. The van der Waals surface area contributed by atoms with Crippen LogP contribution >= 0.6 is 0 Å². The summed E-state index contributed by atoms with van der Waals surface area (Å²) < 4.78 is 17.4. The van der Waals surface area contributed by atoms with Crippen molar-refractivity contribution in [3.63, 3.8) is 0 Å². The van der Waals surface area contributed by atoms with Crippen molar-refractivity contribution in [2.45, 2.75) is 59.4 Å². The molecule has 0 amide bonds. The largest absolute Gasteiger partial charge is 0.466 e. The van der Waals surface area contributed by atoms with Gasteiger partial charge in [-0.25, -0.2) is 0 Å². The summed E-state index contributed by atoms with van der Waals surface area (Å²) in [5.74, 6) is 0.282. The molecule has 5 atom stereocenters. The van der Waals surface area contributed by atoms with Crippen molar-refractivity contribution >= 4 is 5.97 Å². The fraction of sp³-hybridized carbons (Fsp3) is 0.667. The van der Waals surface area contributed by atoms with Gasteiger partial charge in [0, 0.05) is 5.92 Å². The number of hydrogen-bond acceptors (Lipinski definition) is 4. The third-order valence-electron chi connectivity index (χ3n) is 5.08. The van der Waals surface area contributed by atoms with Crippen LogP contribution in [0.4, 0.5) is 0 Å². The Bertz CT molecular complexity index is 516. The van der Waals surface area contributed by atoms with Crippen molar-refractivity contribution < 1.29 is 19.0 Å². The Hall–Kier alpha value is -1.39. The molecule has 1 aromatic carbocycles. The predicted octanol–water partition coefficient (Wildman–Crippen LogP) is 4.22. The third-order valence-corrected chi connectivity index (χ3v) is 5.08. The van der Waals surface area contributed by atoms with Gasteiger partial charge in [0.1, 0.15) is 0 Å². The van der Waals surface area contributed by atoms with Crippen LogP contribution in [0.3, 0.4) is 0 Å². The van der Waals surface area contributed by atoms with E-state index in [9.17, 15) is 4.79 Å². The lowest BCUT2D eigenvalue weighted by Crippen LogP contribution is -2.44. The Morgan fingerprint density at radius 1 is 1.24 bits per heavy atom. The zero-order valence-electron chi connectivity index (χ0n) is 15.9. The number of esters is 1. The molecule has 1 heterocycles. The van der Waals surface area contributed by atoms with E-state index in [0.717, 1.165) is 12.8 Å². The summed E-state index contributed by atoms with van der Waals surface area (Å²) in [6.45, 7) is 9.77. The molecule has 0 radical (unpaired) electrons. The first kappa shape index (κ1) is 19.9. The van der Waals surface area contributed by atoms with Crippen LogP contribution < -0.4 is 0 Å². The average molecular weight is 348 g/mol. The second kappa shape index (κ2) is 9.93. The summed E-state index contributed by atoms with van der Waals surface area (Å²) in [6, 6.07) is 10.2. The van der Waals surface area contributed by atoms with Gasteiger partial charge in [-0.15, -0.1) is 0 Å². The summed E-state index contributed by atoms with van der Waals surface area (Å²) >= 11 is 0. The molecular weight excluding hydrogens is 316 g/mol. The maximum Gasteiger partial charge on any atom is 0.311 e. The van der Waals surface area contributed by atoms with Crippen molar-refractivity contribution in [3.05, 3.63) is 35.9 Å². The van der Waals surface area contributed by atoms with Crippen LogP contribution in [0.1, 0.15) is 46.1 Å². The van der Waals surface area contributed by atoms with Gasteiger partial charge in [0.2, 0.25) is 0 Å². The van der Waals surface area contributed by atoms with Crippen LogP contribution in [0.15, 0.2) is 30.3 Å². The molecule has 25 heavy (non-hydrogen) atoms. The van der Waals surface area contributed by atoms with Crippen LogP contribution in [0, 0.1) is 17.8 Å². The molecule has 1 fully saturated rings. The first-order chi connectivity index (χ1) is 12.0. The van der Waals surface area contributed by atoms with Gasteiger partial charge in [-0.3, -0.25) is 4.79 Å². The minimum atomic E-state index is -0.227. The number of carbonyl (C=O) groups is 1. The van der Waals surface area contributed by atoms with Crippen molar-refractivity contribution in [2.75, 3.05) is 13.2 Å². The number of benzene rings is 1. The van der Waals surface area contributed by atoms with E-state index in [0.29, 0.717) is 31.7 Å². The molecule has 1 aliphatic rings. The van der Waals surface area contributed by atoms with Crippen LogP contribution in [-0.4, -0.2) is 31.4 Å². The van der Waals surface area contributed by atoms with Gasteiger partial charge < -0.3 is 14.2 Å². The highest BCUT2D eigenvalue weighted by atomic mass is 16.5. The average Bonchev–Trinajstić information content (AvgIpc) is 2.62. The second-order valence-corrected chi connectivity index (χ2v) is 7.21. The summed E-state index contributed by atoms with van der Waals surface area (Å²) in [6.07, 6.45) is 2.15. The lowest BCUT2D eigenvalue weighted by atomic mass is 9.84. The Morgan fingerprint density at radius 3 is 2.64 bits per heavy atom. The fourth-order valence-electron chi connectivity index (χ4n) is 3.48. The third kappa shape index (κ3) is 5.82. The van der Waals surface area contributed by atoms with Gasteiger partial charge in [-0.1, -0.05) is 44.2 Å². The van der Waals surface area contributed by atoms with Crippen molar-refractivity contribution in [2.24, 2.45) is 17.8 Å². The van der Waals surface area contributed by atoms with Crippen LogP contribution in [-0.2, 0) is 25.6 Å². The van der Waals surface area contributed by atoms with E-state index in [-0.39, 0.29) is 24.1 Å². The molecule has 0 aliphatic carbocycles. The Balaban J connectivity index is 1.83. The SMILES string of the molecule is CCOC(=O)[C@H](C)[C@H]1OC([C@H](C)COCc2ccccc2)CC[C@@H]1C. The molecule has 140 valence electrons. The Labute approximate surface area is 151 Å². The molecule has 0 bridgehead atoms. The van der Waals surface area contributed by atoms with Gasteiger partial charge >= 0.3 is 5.97 Å². The zero-order valence-corrected chi connectivity index (χ0v) is 15.9. The predicted molar refractivity (Wildman–Crippen MR) is 98.1 cm³/mol. The van der Waals surface area contributed by atoms with Crippen LogP contribution in [0.2, 0.25) is 0 Å². The first-order valence-corrected chi connectivity index (χ1v) is 9.46. The fourth-order valence-corrected chi connectivity index (χ4v) is 3.48. The Morgan fingerprint density at radius 2 is 1.96 bits per heavy atom. The molecule has 4 heteroatoms. The number of hydrogen-bond donors (Lipinski definition) is 0. The molecule has 0 N–H and O–H groups in total. The summed E-state index contributed by atoms with van der Waals surface area (Å²) in [5.41, 5.74) is 1.18. The van der Waals surface area contributed by atoms with E-state index in [1.807, 2.05) is 32.0 Å². The molecule has 4 nitrogen and oxygen atoms in total. The van der Waals surface area contributed by atoms with Crippen LogP contribution in [0.5, 0.6) is 0 Å². The molecule has 2 rings (SSSR count). The standard InChI is InChI=1S/C21H32O4/c1-5-24-21(22)17(4)20-15(2)11-12-19(25-20)16(3)13-23-14-18-9-7-6-8-10-18/h6-10,15-17,19-20H,5,11-14H2,1-4H3/t15-,16+,17+,19?,20-/m0/s1. The number of ether oxygens (including phenoxy) is 3. The van der Waals surface area contributed by atoms with E-state index in [4.69, 9.17) is 14.2 Å².